The highest BCUT2D eigenvalue weighted by Gasteiger charge is 2.38. The minimum absolute atomic E-state index is 0.0571. The number of ether oxygens (including phenoxy) is 1. The van der Waals surface area contributed by atoms with Crippen molar-refractivity contribution in [1.82, 2.24) is 15.0 Å². The SMILES string of the molecule is C[C@H](Nc1nc(Cl)cc(N2C(=O)OCC2[C@@H](C)O)n1)c1ncc(Cl)cc1Cl. The molecule has 0 spiro atoms. The van der Waals surface area contributed by atoms with E-state index in [2.05, 4.69) is 20.3 Å². The van der Waals surface area contributed by atoms with Crippen molar-refractivity contribution in [3.05, 3.63) is 39.2 Å². The van der Waals surface area contributed by atoms with E-state index in [0.717, 1.165) is 0 Å². The third-order valence-corrected chi connectivity index (χ3v) is 4.69. The molecule has 0 bridgehead atoms. The van der Waals surface area contributed by atoms with Gasteiger partial charge in [0.15, 0.2) is 0 Å². The van der Waals surface area contributed by atoms with Crippen molar-refractivity contribution in [3.63, 3.8) is 0 Å². The van der Waals surface area contributed by atoms with Crippen LogP contribution in [-0.4, -0.2) is 44.9 Å². The van der Waals surface area contributed by atoms with E-state index in [1.54, 1.807) is 13.0 Å². The number of hydrogen-bond donors (Lipinski definition) is 2. The number of aromatic nitrogens is 3. The molecule has 27 heavy (non-hydrogen) atoms. The van der Waals surface area contributed by atoms with Gasteiger partial charge in [-0.3, -0.25) is 9.88 Å². The summed E-state index contributed by atoms with van der Waals surface area (Å²) in [5, 5.41) is 13.9. The molecule has 0 aliphatic carbocycles. The van der Waals surface area contributed by atoms with Crippen molar-refractivity contribution in [2.45, 2.75) is 32.0 Å². The molecule has 0 aromatic carbocycles. The van der Waals surface area contributed by atoms with Crippen molar-refractivity contribution in [2.24, 2.45) is 0 Å². The summed E-state index contributed by atoms with van der Waals surface area (Å²) in [5.41, 5.74) is 0.550. The van der Waals surface area contributed by atoms with Gasteiger partial charge < -0.3 is 15.2 Å². The number of rotatable bonds is 5. The Labute approximate surface area is 170 Å². The van der Waals surface area contributed by atoms with E-state index in [1.165, 1.54) is 17.2 Å². The van der Waals surface area contributed by atoms with Crippen LogP contribution in [0.5, 0.6) is 0 Å². The van der Waals surface area contributed by atoms with Gasteiger partial charge in [-0.2, -0.15) is 4.98 Å². The zero-order chi connectivity index (χ0) is 19.7. The van der Waals surface area contributed by atoms with Gasteiger partial charge in [0, 0.05) is 12.3 Å². The first-order valence-corrected chi connectivity index (χ1v) is 9.15. The molecule has 3 rings (SSSR count). The molecule has 144 valence electrons. The lowest BCUT2D eigenvalue weighted by atomic mass is 10.2. The fourth-order valence-electron chi connectivity index (χ4n) is 2.65. The van der Waals surface area contributed by atoms with E-state index in [1.807, 2.05) is 6.92 Å². The number of carbonyl (C=O) groups excluding carboxylic acids is 1. The maximum atomic E-state index is 12.1. The predicted octanol–water partition coefficient (Wildman–Crippen LogP) is 3.71. The highest BCUT2D eigenvalue weighted by Crippen LogP contribution is 2.29. The molecule has 1 amide bonds. The summed E-state index contributed by atoms with van der Waals surface area (Å²) in [6, 6.07) is 2.08. The maximum Gasteiger partial charge on any atom is 0.416 e. The lowest BCUT2D eigenvalue weighted by Crippen LogP contribution is -2.41. The Morgan fingerprint density at radius 2 is 2.04 bits per heavy atom. The van der Waals surface area contributed by atoms with Crippen molar-refractivity contribution < 1.29 is 14.6 Å². The Bertz CT molecular complexity index is 867. The molecular weight excluding hydrogens is 417 g/mol. The number of aliphatic hydroxyl groups is 1. The Balaban J connectivity index is 1.88. The van der Waals surface area contributed by atoms with Crippen LogP contribution in [0.25, 0.3) is 0 Å². The van der Waals surface area contributed by atoms with Crippen LogP contribution in [0.4, 0.5) is 16.6 Å². The van der Waals surface area contributed by atoms with E-state index in [0.29, 0.717) is 15.7 Å². The molecule has 2 N–H and O–H groups in total. The summed E-state index contributed by atoms with van der Waals surface area (Å²) in [4.78, 5) is 26.0. The van der Waals surface area contributed by atoms with Crippen LogP contribution in [0.2, 0.25) is 15.2 Å². The summed E-state index contributed by atoms with van der Waals surface area (Å²) in [6.07, 6.45) is 0.0632. The van der Waals surface area contributed by atoms with Gasteiger partial charge >= 0.3 is 6.09 Å². The molecule has 8 nitrogen and oxygen atoms in total. The zero-order valence-corrected chi connectivity index (χ0v) is 16.6. The summed E-state index contributed by atoms with van der Waals surface area (Å²) >= 11 is 18.1. The van der Waals surface area contributed by atoms with Crippen LogP contribution >= 0.6 is 34.8 Å². The van der Waals surface area contributed by atoms with E-state index < -0.39 is 18.2 Å². The number of nitrogens with zero attached hydrogens (tertiary/aromatic N) is 4. The summed E-state index contributed by atoms with van der Waals surface area (Å²) in [6.45, 7) is 3.44. The molecule has 2 aromatic heterocycles. The molecule has 0 radical (unpaired) electrons. The van der Waals surface area contributed by atoms with Gasteiger partial charge in [-0.15, -0.1) is 0 Å². The number of nitrogens with one attached hydrogen (secondary N) is 1. The van der Waals surface area contributed by atoms with Crippen LogP contribution in [-0.2, 0) is 4.74 Å². The van der Waals surface area contributed by atoms with Crippen molar-refractivity contribution >= 4 is 52.7 Å². The first kappa shape index (κ1) is 19.9. The minimum atomic E-state index is -0.808. The second-order valence-electron chi connectivity index (χ2n) is 6.01. The average Bonchev–Trinajstić information content (AvgIpc) is 2.96. The van der Waals surface area contributed by atoms with Crippen molar-refractivity contribution in [2.75, 3.05) is 16.8 Å². The van der Waals surface area contributed by atoms with Gasteiger partial charge in [-0.1, -0.05) is 34.8 Å². The molecule has 1 fully saturated rings. The van der Waals surface area contributed by atoms with Crippen molar-refractivity contribution in [3.8, 4) is 0 Å². The van der Waals surface area contributed by atoms with Gasteiger partial charge in [0.2, 0.25) is 5.95 Å². The third-order valence-electron chi connectivity index (χ3n) is 3.98. The monoisotopic (exact) mass is 431 g/mol. The summed E-state index contributed by atoms with van der Waals surface area (Å²) < 4.78 is 5.01. The number of anilines is 2. The molecule has 1 aliphatic heterocycles. The Morgan fingerprint density at radius 3 is 2.70 bits per heavy atom. The highest BCUT2D eigenvalue weighted by molar-refractivity contribution is 6.34. The van der Waals surface area contributed by atoms with Gasteiger partial charge in [0.05, 0.1) is 27.9 Å². The second-order valence-corrected chi connectivity index (χ2v) is 7.24. The molecule has 0 saturated carbocycles. The average molecular weight is 433 g/mol. The molecule has 11 heteroatoms. The Kier molecular flexibility index (Phi) is 5.90. The molecule has 3 heterocycles. The zero-order valence-electron chi connectivity index (χ0n) is 14.4. The largest absolute Gasteiger partial charge is 0.447 e. The van der Waals surface area contributed by atoms with Gasteiger partial charge in [-0.05, 0) is 19.9 Å². The minimum Gasteiger partial charge on any atom is -0.447 e. The maximum absolute atomic E-state index is 12.1. The number of amides is 1. The van der Waals surface area contributed by atoms with Crippen molar-refractivity contribution in [1.29, 1.82) is 0 Å². The van der Waals surface area contributed by atoms with Gasteiger partial charge in [0.1, 0.15) is 23.6 Å². The third kappa shape index (κ3) is 4.35. The van der Waals surface area contributed by atoms with Crippen LogP contribution < -0.4 is 10.2 Å². The molecular formula is C16H16Cl3N5O3. The van der Waals surface area contributed by atoms with Gasteiger partial charge in [-0.25, -0.2) is 9.78 Å². The quantitative estimate of drug-likeness (QED) is 0.695. The predicted molar refractivity (Wildman–Crippen MR) is 103 cm³/mol. The van der Waals surface area contributed by atoms with Crippen LogP contribution in [0, 0.1) is 0 Å². The van der Waals surface area contributed by atoms with Gasteiger partial charge in [0.25, 0.3) is 0 Å². The molecule has 1 saturated heterocycles. The molecule has 2 aromatic rings. The second kappa shape index (κ2) is 8.02. The van der Waals surface area contributed by atoms with Crippen LogP contribution in [0.1, 0.15) is 25.6 Å². The number of cyclic esters (lactones) is 1. The number of hydrogen-bond acceptors (Lipinski definition) is 7. The normalized spacial score (nSPS) is 19.0. The molecule has 1 aliphatic rings. The number of pyridine rings is 1. The van der Waals surface area contributed by atoms with E-state index in [-0.39, 0.29) is 29.6 Å². The smallest absolute Gasteiger partial charge is 0.416 e. The first-order valence-electron chi connectivity index (χ1n) is 8.02. The van der Waals surface area contributed by atoms with E-state index in [4.69, 9.17) is 39.5 Å². The standard InChI is InChI=1S/C16H16Cl3N5O3/c1-7(14-10(18)3-9(17)5-20-14)21-15-22-12(19)4-13(23-15)24-11(8(2)25)6-27-16(24)26/h3-5,7-8,11,25H,6H2,1-2H3,(H,21,22,23)/t7-,8+,11?/m0/s1. The fraction of sp³-hybridized carbons (Fsp3) is 0.375. The summed E-state index contributed by atoms with van der Waals surface area (Å²) in [7, 11) is 0. The Hall–Kier alpha value is -1.87. The molecule has 3 atom stereocenters. The number of halogens is 3. The van der Waals surface area contributed by atoms with Crippen LogP contribution in [0.3, 0.4) is 0 Å². The van der Waals surface area contributed by atoms with E-state index >= 15 is 0 Å². The first-order chi connectivity index (χ1) is 12.8. The molecule has 1 unspecified atom stereocenters. The van der Waals surface area contributed by atoms with E-state index in [9.17, 15) is 9.90 Å². The number of aliphatic hydroxyl groups excluding tert-OH is 1. The topological polar surface area (TPSA) is 100 Å². The lowest BCUT2D eigenvalue weighted by molar-refractivity contribution is 0.142. The Morgan fingerprint density at radius 1 is 1.30 bits per heavy atom. The lowest BCUT2D eigenvalue weighted by Gasteiger charge is -2.23. The highest BCUT2D eigenvalue weighted by atomic mass is 35.5. The van der Waals surface area contributed by atoms with Crippen LogP contribution in [0.15, 0.2) is 18.3 Å². The summed E-state index contributed by atoms with van der Waals surface area (Å²) in [5.74, 6) is 0.384. The number of carbonyl (C=O) groups is 1. The fourth-order valence-corrected chi connectivity index (χ4v) is 3.38.